The predicted octanol–water partition coefficient (Wildman–Crippen LogP) is 2.24. The summed E-state index contributed by atoms with van der Waals surface area (Å²) in [5.41, 5.74) is 0.656. The largest absolute Gasteiger partial charge is 0.405 e. The molecule has 0 bridgehead atoms. The van der Waals surface area contributed by atoms with Crippen molar-refractivity contribution in [3.63, 3.8) is 0 Å². The zero-order valence-corrected chi connectivity index (χ0v) is 7.89. The van der Waals surface area contributed by atoms with Crippen molar-refractivity contribution >= 4 is 5.82 Å². The lowest BCUT2D eigenvalue weighted by Gasteiger charge is -2.10. The summed E-state index contributed by atoms with van der Waals surface area (Å²) < 4.78 is 35.7. The van der Waals surface area contributed by atoms with Gasteiger partial charge in [-0.25, -0.2) is 4.98 Å². The number of nitrogens with one attached hydrogen (secondary N) is 1. The quantitative estimate of drug-likeness (QED) is 0.822. The Labute approximate surface area is 84.5 Å². The molecule has 1 aromatic rings. The molecule has 0 radical (unpaired) electrons. The van der Waals surface area contributed by atoms with Crippen molar-refractivity contribution in [2.75, 3.05) is 11.9 Å². The van der Waals surface area contributed by atoms with Crippen molar-refractivity contribution in [3.8, 4) is 6.07 Å². The minimum absolute atomic E-state index is 0.0326. The lowest BCUT2D eigenvalue weighted by Crippen LogP contribution is -2.22. The van der Waals surface area contributed by atoms with E-state index >= 15 is 0 Å². The highest BCUT2D eigenvalue weighted by atomic mass is 19.4. The van der Waals surface area contributed by atoms with Crippen LogP contribution in [0.1, 0.15) is 11.3 Å². The molecule has 6 heteroatoms. The molecule has 0 saturated carbocycles. The maximum atomic E-state index is 11.9. The fraction of sp³-hybridized carbons (Fsp3) is 0.333. The highest BCUT2D eigenvalue weighted by molar-refractivity contribution is 5.52. The highest BCUT2D eigenvalue weighted by Crippen LogP contribution is 2.17. The van der Waals surface area contributed by atoms with Crippen LogP contribution < -0.4 is 5.32 Å². The van der Waals surface area contributed by atoms with Crippen LogP contribution in [0.15, 0.2) is 12.1 Å². The molecule has 1 heterocycles. The molecule has 80 valence electrons. The van der Waals surface area contributed by atoms with Crippen molar-refractivity contribution < 1.29 is 13.2 Å². The monoisotopic (exact) mass is 215 g/mol. The summed E-state index contributed by atoms with van der Waals surface area (Å²) in [6, 6.07) is 4.77. The Morgan fingerprint density at radius 1 is 1.47 bits per heavy atom. The van der Waals surface area contributed by atoms with E-state index in [2.05, 4.69) is 10.3 Å². The Kier molecular flexibility index (Phi) is 3.14. The first-order chi connectivity index (χ1) is 6.92. The summed E-state index contributed by atoms with van der Waals surface area (Å²) in [5.74, 6) is -0.0326. The molecule has 0 saturated heterocycles. The van der Waals surface area contributed by atoms with E-state index in [1.807, 2.05) is 0 Å². The molecule has 1 rings (SSSR count). The van der Waals surface area contributed by atoms with Gasteiger partial charge in [-0.3, -0.25) is 0 Å². The standard InChI is InChI=1S/C9H8F3N3/c1-6-2-3-7(4-13)8(15-6)14-5-9(10,11)12/h2-3H,5H2,1H3,(H,14,15). The second kappa shape index (κ2) is 4.17. The average molecular weight is 215 g/mol. The predicted molar refractivity (Wildman–Crippen MR) is 48.2 cm³/mol. The average Bonchev–Trinajstić information content (AvgIpc) is 2.14. The van der Waals surface area contributed by atoms with E-state index in [0.29, 0.717) is 5.69 Å². The Hall–Kier alpha value is -1.77. The van der Waals surface area contributed by atoms with Crippen LogP contribution in [-0.4, -0.2) is 17.7 Å². The van der Waals surface area contributed by atoms with Crippen molar-refractivity contribution in [2.24, 2.45) is 0 Å². The fourth-order valence-corrected chi connectivity index (χ4v) is 0.966. The second-order valence-corrected chi connectivity index (χ2v) is 2.93. The molecule has 0 unspecified atom stereocenters. The van der Waals surface area contributed by atoms with E-state index in [4.69, 9.17) is 5.26 Å². The smallest absolute Gasteiger partial charge is 0.360 e. The normalized spacial score (nSPS) is 10.9. The number of pyridine rings is 1. The van der Waals surface area contributed by atoms with Gasteiger partial charge in [0.2, 0.25) is 0 Å². The number of alkyl halides is 3. The molecule has 1 N–H and O–H groups in total. The maximum absolute atomic E-state index is 11.9. The Balaban J connectivity index is 2.85. The number of aryl methyl sites for hydroxylation is 1. The van der Waals surface area contributed by atoms with E-state index in [1.54, 1.807) is 19.1 Å². The SMILES string of the molecule is Cc1ccc(C#N)c(NCC(F)(F)F)n1. The number of nitriles is 1. The van der Waals surface area contributed by atoms with Crippen molar-refractivity contribution in [1.82, 2.24) is 4.98 Å². The van der Waals surface area contributed by atoms with Gasteiger partial charge < -0.3 is 5.32 Å². The molecule has 0 spiro atoms. The molecule has 3 nitrogen and oxygen atoms in total. The van der Waals surface area contributed by atoms with Crippen molar-refractivity contribution in [1.29, 1.82) is 5.26 Å². The van der Waals surface area contributed by atoms with Crippen molar-refractivity contribution in [2.45, 2.75) is 13.1 Å². The minimum atomic E-state index is -4.32. The fourth-order valence-electron chi connectivity index (χ4n) is 0.966. The van der Waals surface area contributed by atoms with Gasteiger partial charge in [0.15, 0.2) is 0 Å². The van der Waals surface area contributed by atoms with Crippen LogP contribution in [0, 0.1) is 18.3 Å². The molecular weight excluding hydrogens is 207 g/mol. The molecule has 0 aliphatic carbocycles. The van der Waals surface area contributed by atoms with E-state index in [1.165, 1.54) is 6.07 Å². The molecule has 0 aliphatic rings. The van der Waals surface area contributed by atoms with Crippen molar-refractivity contribution in [3.05, 3.63) is 23.4 Å². The zero-order chi connectivity index (χ0) is 11.5. The third kappa shape index (κ3) is 3.46. The maximum Gasteiger partial charge on any atom is 0.405 e. The molecule has 0 atom stereocenters. The molecule has 0 fully saturated rings. The number of anilines is 1. The topological polar surface area (TPSA) is 48.7 Å². The van der Waals surface area contributed by atoms with Gasteiger partial charge in [0.25, 0.3) is 0 Å². The van der Waals surface area contributed by atoms with Crippen LogP contribution in [-0.2, 0) is 0 Å². The van der Waals surface area contributed by atoms with E-state index in [-0.39, 0.29) is 11.4 Å². The van der Waals surface area contributed by atoms with Crippen LogP contribution in [0.25, 0.3) is 0 Å². The first-order valence-corrected chi connectivity index (χ1v) is 4.11. The van der Waals surface area contributed by atoms with Crippen LogP contribution in [0.2, 0.25) is 0 Å². The van der Waals surface area contributed by atoms with Gasteiger partial charge in [0.1, 0.15) is 18.4 Å². The van der Waals surface area contributed by atoms with Gasteiger partial charge in [-0.1, -0.05) is 0 Å². The Bertz CT molecular complexity index is 393. The van der Waals surface area contributed by atoms with Gasteiger partial charge in [-0.05, 0) is 19.1 Å². The first kappa shape index (κ1) is 11.3. The number of rotatable bonds is 2. The third-order valence-electron chi connectivity index (χ3n) is 1.61. The summed E-state index contributed by atoms with van der Waals surface area (Å²) in [4.78, 5) is 3.81. The van der Waals surface area contributed by atoms with Gasteiger partial charge >= 0.3 is 6.18 Å². The van der Waals surface area contributed by atoms with Gasteiger partial charge in [0.05, 0.1) is 5.56 Å². The molecular formula is C9H8F3N3. The molecule has 0 aliphatic heterocycles. The molecule has 0 aromatic carbocycles. The van der Waals surface area contributed by atoms with Crippen LogP contribution >= 0.6 is 0 Å². The summed E-state index contributed by atoms with van der Waals surface area (Å²) in [7, 11) is 0. The Morgan fingerprint density at radius 3 is 2.67 bits per heavy atom. The lowest BCUT2D eigenvalue weighted by atomic mass is 10.2. The van der Waals surface area contributed by atoms with E-state index < -0.39 is 12.7 Å². The van der Waals surface area contributed by atoms with Crippen LogP contribution in [0.5, 0.6) is 0 Å². The molecule has 15 heavy (non-hydrogen) atoms. The van der Waals surface area contributed by atoms with Crippen LogP contribution in [0.3, 0.4) is 0 Å². The summed E-state index contributed by atoms with van der Waals surface area (Å²) in [6.45, 7) is 0.443. The zero-order valence-electron chi connectivity index (χ0n) is 7.89. The van der Waals surface area contributed by atoms with E-state index in [0.717, 1.165) is 0 Å². The minimum Gasteiger partial charge on any atom is -0.360 e. The van der Waals surface area contributed by atoms with Gasteiger partial charge in [-0.15, -0.1) is 0 Å². The highest BCUT2D eigenvalue weighted by Gasteiger charge is 2.27. The molecule has 1 aromatic heterocycles. The van der Waals surface area contributed by atoms with Gasteiger partial charge in [0, 0.05) is 5.69 Å². The second-order valence-electron chi connectivity index (χ2n) is 2.93. The number of nitrogens with zero attached hydrogens (tertiary/aromatic N) is 2. The Morgan fingerprint density at radius 2 is 2.13 bits per heavy atom. The number of hydrogen-bond acceptors (Lipinski definition) is 3. The number of hydrogen-bond donors (Lipinski definition) is 1. The number of halogens is 3. The summed E-state index contributed by atoms with van der Waals surface area (Å²) >= 11 is 0. The van der Waals surface area contributed by atoms with E-state index in [9.17, 15) is 13.2 Å². The third-order valence-corrected chi connectivity index (χ3v) is 1.61. The van der Waals surface area contributed by atoms with Gasteiger partial charge in [-0.2, -0.15) is 18.4 Å². The summed E-state index contributed by atoms with van der Waals surface area (Å²) in [5, 5.41) is 10.7. The number of aromatic nitrogens is 1. The lowest BCUT2D eigenvalue weighted by molar-refractivity contribution is -0.115. The first-order valence-electron chi connectivity index (χ1n) is 4.11. The summed E-state index contributed by atoms with van der Waals surface area (Å²) in [6.07, 6.45) is -4.32. The molecule has 0 amide bonds. The van der Waals surface area contributed by atoms with Crippen LogP contribution in [0.4, 0.5) is 19.0 Å².